The van der Waals surface area contributed by atoms with E-state index in [1.807, 2.05) is 6.92 Å². The topological polar surface area (TPSA) is 29.6 Å². The number of alkyl halides is 3. The molecule has 360 valence electrons. The second-order valence-corrected chi connectivity index (χ2v) is 18.2. The first-order chi connectivity index (χ1) is 29.2. The van der Waals surface area contributed by atoms with Crippen LogP contribution < -0.4 is 0 Å². The van der Waals surface area contributed by atoms with Crippen molar-refractivity contribution in [3.05, 3.63) is 139 Å². The van der Waals surface area contributed by atoms with Crippen molar-refractivity contribution in [2.24, 2.45) is 42.3 Å². The Morgan fingerprint density at radius 3 is 0.859 bits per heavy atom. The van der Waals surface area contributed by atoms with Gasteiger partial charge in [-0.1, -0.05) is 55.4 Å². The van der Waals surface area contributed by atoms with Gasteiger partial charge in [0.15, 0.2) is 11.9 Å². The maximum atomic E-state index is 12.9. The first-order valence-corrected chi connectivity index (χ1v) is 22.1. The number of aromatic nitrogens is 6. The van der Waals surface area contributed by atoms with E-state index in [0.717, 1.165) is 28.0 Å². The molecule has 0 atom stereocenters. The lowest BCUT2D eigenvalue weighted by atomic mass is 10.0. The molecule has 12 heteroatoms. The van der Waals surface area contributed by atoms with Crippen molar-refractivity contribution < 1.29 is 26.3 Å². The van der Waals surface area contributed by atoms with E-state index in [1.165, 1.54) is 70.6 Å². The van der Waals surface area contributed by atoms with Crippen LogP contribution in [0.2, 0.25) is 0 Å². The Hall–Kier alpha value is -4.74. The maximum absolute atomic E-state index is 12.9. The van der Waals surface area contributed by atoms with E-state index in [0.29, 0.717) is 35.1 Å². The molecular formula is C52H80F6N6. The second-order valence-electron chi connectivity index (χ2n) is 18.2. The molecule has 6 aromatic heterocycles. The predicted octanol–water partition coefficient (Wildman–Crippen LogP) is 14.9. The van der Waals surface area contributed by atoms with Gasteiger partial charge >= 0.3 is 6.18 Å². The normalized spacial score (nSPS) is 11.1. The summed E-state index contributed by atoms with van der Waals surface area (Å²) in [4.78, 5) is 0. The van der Waals surface area contributed by atoms with Crippen LogP contribution in [0.1, 0.15) is 158 Å². The highest BCUT2D eigenvalue weighted by atomic mass is 19.4. The number of hydrogen-bond acceptors (Lipinski definition) is 0. The largest absolute Gasteiger partial charge is 0.418 e. The molecule has 0 aliphatic heterocycles. The molecule has 0 aliphatic rings. The van der Waals surface area contributed by atoms with Gasteiger partial charge in [0.25, 0.3) is 0 Å². The molecule has 0 saturated heterocycles. The molecule has 0 N–H and O–H groups in total. The Labute approximate surface area is 381 Å². The Bertz CT molecular complexity index is 2220. The highest BCUT2D eigenvalue weighted by Crippen LogP contribution is 2.33. The molecule has 0 spiro atoms. The average molecular weight is 903 g/mol. The lowest BCUT2D eigenvalue weighted by molar-refractivity contribution is -0.138. The minimum absolute atomic E-state index is 0.147. The van der Waals surface area contributed by atoms with Gasteiger partial charge < -0.3 is 27.4 Å². The van der Waals surface area contributed by atoms with Crippen molar-refractivity contribution in [1.29, 1.82) is 0 Å². The van der Waals surface area contributed by atoms with Crippen molar-refractivity contribution in [2.75, 3.05) is 0 Å². The zero-order valence-electron chi connectivity index (χ0n) is 43.3. The van der Waals surface area contributed by atoms with E-state index < -0.39 is 23.5 Å². The van der Waals surface area contributed by atoms with Crippen molar-refractivity contribution >= 4 is 0 Å². The quantitative estimate of drug-likeness (QED) is 0.158. The molecule has 64 heavy (non-hydrogen) atoms. The summed E-state index contributed by atoms with van der Waals surface area (Å²) < 4.78 is 85.2. The molecule has 6 rings (SSSR count). The van der Waals surface area contributed by atoms with Crippen LogP contribution in [0.25, 0.3) is 0 Å². The van der Waals surface area contributed by atoms with Crippen molar-refractivity contribution in [3.63, 3.8) is 0 Å². The lowest BCUT2D eigenvalue weighted by Gasteiger charge is -2.05. The third-order valence-corrected chi connectivity index (χ3v) is 12.6. The van der Waals surface area contributed by atoms with Gasteiger partial charge in [0.1, 0.15) is 5.82 Å². The molecule has 0 aromatic carbocycles. The summed E-state index contributed by atoms with van der Waals surface area (Å²) in [5.41, 5.74) is 14.1. The third kappa shape index (κ3) is 14.9. The fraction of sp³-hybridized carbons (Fsp3) is 0.538. The van der Waals surface area contributed by atoms with Crippen molar-refractivity contribution in [3.8, 4) is 0 Å². The van der Waals surface area contributed by atoms with Gasteiger partial charge in [-0.25, -0.2) is 4.39 Å². The van der Waals surface area contributed by atoms with Crippen LogP contribution in [-0.2, 0) is 48.5 Å². The summed E-state index contributed by atoms with van der Waals surface area (Å²) in [6.45, 7) is 35.0. The van der Waals surface area contributed by atoms with E-state index in [2.05, 4.69) is 149 Å². The Balaban J connectivity index is 0.000000385. The fourth-order valence-electron chi connectivity index (χ4n) is 7.21. The SMILES string of the molecule is Cc1c(C(C)C)cc(F)n1C.Cc1c(C(C)C)ccn1C.Cc1c(F)cc(F)n1C.Cc1cc(C(C)C)c(C)n1C.Cc1cc(C(C)C)c(C)n1C.Cc1cc(C(F)(F)F)c(C)n1C. The van der Waals surface area contributed by atoms with Gasteiger partial charge in [-0.2, -0.15) is 22.0 Å². The fourth-order valence-corrected chi connectivity index (χ4v) is 7.21. The van der Waals surface area contributed by atoms with E-state index in [-0.39, 0.29) is 11.6 Å². The lowest BCUT2D eigenvalue weighted by Crippen LogP contribution is -2.06. The highest BCUT2D eigenvalue weighted by molar-refractivity contribution is 5.31. The van der Waals surface area contributed by atoms with Gasteiger partial charge in [0, 0.05) is 100 Å². The van der Waals surface area contributed by atoms with Gasteiger partial charge in [-0.05, 0) is 139 Å². The van der Waals surface area contributed by atoms with E-state index in [9.17, 15) is 26.3 Å². The molecule has 6 nitrogen and oxygen atoms in total. The van der Waals surface area contributed by atoms with Crippen LogP contribution in [0.15, 0.2) is 42.6 Å². The van der Waals surface area contributed by atoms with Gasteiger partial charge in [-0.3, -0.25) is 0 Å². The third-order valence-electron chi connectivity index (χ3n) is 12.6. The van der Waals surface area contributed by atoms with E-state index >= 15 is 0 Å². The van der Waals surface area contributed by atoms with Crippen LogP contribution in [0.4, 0.5) is 26.3 Å². The van der Waals surface area contributed by atoms with Crippen molar-refractivity contribution in [2.45, 2.75) is 148 Å². The van der Waals surface area contributed by atoms with Gasteiger partial charge in [0.05, 0.1) is 11.3 Å². The summed E-state index contributed by atoms with van der Waals surface area (Å²) in [5.74, 6) is 1.18. The predicted molar refractivity (Wildman–Crippen MR) is 256 cm³/mol. The summed E-state index contributed by atoms with van der Waals surface area (Å²) in [6.07, 6.45) is -2.11. The molecule has 0 saturated carbocycles. The molecular weight excluding hydrogens is 823 g/mol. The van der Waals surface area contributed by atoms with Crippen molar-refractivity contribution in [1.82, 2.24) is 27.4 Å². The molecule has 6 heterocycles. The molecule has 6 aromatic rings. The van der Waals surface area contributed by atoms with E-state index in [4.69, 9.17) is 0 Å². The first-order valence-electron chi connectivity index (χ1n) is 22.1. The van der Waals surface area contributed by atoms with Crippen LogP contribution in [0, 0.1) is 80.0 Å². The highest BCUT2D eigenvalue weighted by Gasteiger charge is 2.34. The molecule has 0 amide bonds. The monoisotopic (exact) mass is 903 g/mol. The zero-order valence-corrected chi connectivity index (χ0v) is 43.3. The number of rotatable bonds is 4. The maximum Gasteiger partial charge on any atom is 0.418 e. The van der Waals surface area contributed by atoms with Crippen LogP contribution in [-0.4, -0.2) is 27.4 Å². The molecule has 0 aliphatic carbocycles. The Kier molecular flexibility index (Phi) is 21.5. The summed E-state index contributed by atoms with van der Waals surface area (Å²) >= 11 is 0. The second kappa shape index (κ2) is 24.0. The first kappa shape index (κ1) is 57.3. The van der Waals surface area contributed by atoms with Crippen LogP contribution >= 0.6 is 0 Å². The summed E-state index contributed by atoms with van der Waals surface area (Å²) in [7, 11) is 11.2. The zero-order chi connectivity index (χ0) is 50.0. The molecule has 0 radical (unpaired) electrons. The Morgan fingerprint density at radius 2 is 0.719 bits per heavy atom. The standard InChI is InChI=1S/2C10H17N.C9H14FN.C9H15N.C8H10F3N.C6H7F2N/c2*1-7(2)10-6-8(3)11(5)9(10)4;1-6(2)8-5-9(10)11(4)7(8)3;1-7(2)9-5-6-10(4)8(9)3;1-5-4-7(8(9,10)11)6(2)12(5)3;1-4-5(7)3-6(8)9(4)2/h2*6-7H,1-5H3;5-6H,1-4H3;5-7H,1-4H3;4H,1-3H3;3H,1-2H3. The molecule has 0 unspecified atom stereocenters. The smallest absolute Gasteiger partial charge is 0.354 e. The van der Waals surface area contributed by atoms with Crippen LogP contribution in [0.3, 0.4) is 0 Å². The minimum Gasteiger partial charge on any atom is -0.354 e. The number of hydrogen-bond donors (Lipinski definition) is 0. The summed E-state index contributed by atoms with van der Waals surface area (Å²) in [6, 6.07) is 10.4. The van der Waals surface area contributed by atoms with Crippen LogP contribution in [0.5, 0.6) is 0 Å². The summed E-state index contributed by atoms with van der Waals surface area (Å²) in [5, 5.41) is 0. The number of nitrogens with zero attached hydrogens (tertiary/aromatic N) is 6. The molecule has 0 bridgehead atoms. The Morgan fingerprint density at radius 1 is 0.391 bits per heavy atom. The molecule has 0 fully saturated rings. The van der Waals surface area contributed by atoms with E-state index in [1.54, 1.807) is 31.7 Å². The number of aryl methyl sites for hydroxylation is 4. The average Bonchev–Trinajstić information content (AvgIpc) is 3.97. The number of halogens is 6. The van der Waals surface area contributed by atoms with Gasteiger partial charge in [-0.15, -0.1) is 0 Å². The minimum atomic E-state index is -4.23. The van der Waals surface area contributed by atoms with Gasteiger partial charge in [0.2, 0.25) is 0 Å².